The van der Waals surface area contributed by atoms with Crippen LogP contribution in [0.4, 0.5) is 5.69 Å². The summed E-state index contributed by atoms with van der Waals surface area (Å²) in [7, 11) is -2.17. The van der Waals surface area contributed by atoms with E-state index in [4.69, 9.17) is 10.5 Å². The van der Waals surface area contributed by atoms with Crippen molar-refractivity contribution in [1.82, 2.24) is 0 Å². The monoisotopic (exact) mass is 390 g/mol. The minimum Gasteiger partial charge on any atom is -0.495 e. The summed E-state index contributed by atoms with van der Waals surface area (Å²) in [4.78, 5) is 0.858. The number of nitrogens with two attached hydrogens (primary N) is 1. The number of aryl methyl sites for hydroxylation is 1. The highest BCUT2D eigenvalue weighted by atomic mass is 79.9. The van der Waals surface area contributed by atoms with E-state index in [1.54, 1.807) is 24.3 Å². The van der Waals surface area contributed by atoms with Crippen molar-refractivity contribution in [2.75, 3.05) is 11.8 Å². The van der Waals surface area contributed by atoms with E-state index in [1.807, 2.05) is 6.92 Å². The van der Waals surface area contributed by atoms with Gasteiger partial charge in [0, 0.05) is 15.9 Å². The number of methoxy groups -OCH3 is 1. The van der Waals surface area contributed by atoms with Gasteiger partial charge in [0.05, 0.1) is 12.8 Å². The van der Waals surface area contributed by atoms with E-state index in [9.17, 15) is 8.42 Å². The molecule has 2 rings (SSSR count). The van der Waals surface area contributed by atoms with Gasteiger partial charge in [0.2, 0.25) is 0 Å². The van der Waals surface area contributed by atoms with E-state index < -0.39 is 10.0 Å². The quantitative estimate of drug-likeness (QED) is 0.821. The fourth-order valence-electron chi connectivity index (χ4n) is 1.78. The smallest absolute Gasteiger partial charge is 0.271 e. The maximum Gasteiger partial charge on any atom is 0.271 e. The average Bonchev–Trinajstić information content (AvgIpc) is 2.81. The van der Waals surface area contributed by atoms with E-state index in [1.165, 1.54) is 18.4 Å². The summed E-state index contributed by atoms with van der Waals surface area (Å²) in [6.07, 6.45) is 0. The highest BCUT2D eigenvalue weighted by Crippen LogP contribution is 2.32. The largest absolute Gasteiger partial charge is 0.495 e. The van der Waals surface area contributed by atoms with Crippen LogP contribution in [0, 0.1) is 6.92 Å². The van der Waals surface area contributed by atoms with Crippen molar-refractivity contribution in [3.05, 3.63) is 39.2 Å². The highest BCUT2D eigenvalue weighted by Gasteiger charge is 2.20. The number of hydrogen-bond acceptors (Lipinski definition) is 5. The van der Waals surface area contributed by atoms with Gasteiger partial charge in [-0.15, -0.1) is 11.3 Å². The lowest BCUT2D eigenvalue weighted by atomic mass is 10.3. The second kappa shape index (κ2) is 6.35. The third-order valence-electron chi connectivity index (χ3n) is 2.85. The van der Waals surface area contributed by atoms with Gasteiger partial charge in [-0.1, -0.05) is 15.9 Å². The molecule has 1 aromatic carbocycles. The molecule has 8 heteroatoms. The maximum atomic E-state index is 12.5. The third kappa shape index (κ3) is 3.57. The van der Waals surface area contributed by atoms with Crippen molar-refractivity contribution >= 4 is 43.0 Å². The van der Waals surface area contributed by atoms with E-state index in [0.717, 1.165) is 14.9 Å². The summed E-state index contributed by atoms with van der Waals surface area (Å²) in [5, 5.41) is 0. The number of rotatable bonds is 5. The summed E-state index contributed by atoms with van der Waals surface area (Å²) in [6.45, 7) is 2.17. The summed E-state index contributed by atoms with van der Waals surface area (Å²) in [6, 6.07) is 6.74. The number of ether oxygens (including phenoxy) is 1. The minimum atomic E-state index is -3.66. The van der Waals surface area contributed by atoms with Gasteiger partial charge in [0.15, 0.2) is 0 Å². The zero-order valence-corrected chi connectivity index (χ0v) is 14.7. The van der Waals surface area contributed by atoms with Gasteiger partial charge in [0.25, 0.3) is 10.0 Å². The number of anilines is 1. The first-order valence-electron chi connectivity index (χ1n) is 6.03. The van der Waals surface area contributed by atoms with Crippen LogP contribution in [-0.2, 0) is 16.6 Å². The standard InChI is InChI=1S/C13H15BrN2O3S2/c1-8-5-13(20-12(8)7-15)21(17,18)16-10-6-9(14)3-4-11(10)19-2/h3-6,16H,7,15H2,1-2H3. The topological polar surface area (TPSA) is 81.4 Å². The fraction of sp³-hybridized carbons (Fsp3) is 0.231. The van der Waals surface area contributed by atoms with Gasteiger partial charge < -0.3 is 10.5 Å². The summed E-state index contributed by atoms with van der Waals surface area (Å²) >= 11 is 4.49. The van der Waals surface area contributed by atoms with Crippen molar-refractivity contribution in [3.63, 3.8) is 0 Å². The number of nitrogens with one attached hydrogen (secondary N) is 1. The molecule has 0 spiro atoms. The minimum absolute atomic E-state index is 0.238. The molecule has 1 aromatic heterocycles. The first-order valence-corrected chi connectivity index (χ1v) is 9.12. The van der Waals surface area contributed by atoms with Crippen molar-refractivity contribution in [3.8, 4) is 5.75 Å². The number of thiophene rings is 1. The second-order valence-electron chi connectivity index (χ2n) is 4.33. The Kier molecular flexibility index (Phi) is 4.92. The number of benzene rings is 1. The predicted molar refractivity (Wildman–Crippen MR) is 88.4 cm³/mol. The molecule has 2 aromatic rings. The van der Waals surface area contributed by atoms with E-state index in [0.29, 0.717) is 18.0 Å². The Hall–Kier alpha value is -1.09. The van der Waals surface area contributed by atoms with Crippen LogP contribution < -0.4 is 15.2 Å². The Labute approximate surface area is 136 Å². The number of sulfonamides is 1. The predicted octanol–water partition coefficient (Wildman–Crippen LogP) is 3.09. The molecule has 0 amide bonds. The molecule has 3 N–H and O–H groups in total. The van der Waals surface area contributed by atoms with Gasteiger partial charge in [-0.3, -0.25) is 4.72 Å². The fourth-order valence-corrected chi connectivity index (χ4v) is 4.67. The van der Waals surface area contributed by atoms with Crippen LogP contribution in [0.25, 0.3) is 0 Å². The lowest BCUT2D eigenvalue weighted by Gasteiger charge is -2.11. The molecule has 114 valence electrons. The molecule has 0 saturated carbocycles. The van der Waals surface area contributed by atoms with Crippen LogP contribution in [0.5, 0.6) is 5.75 Å². The Morgan fingerprint density at radius 2 is 2.10 bits per heavy atom. The van der Waals surface area contributed by atoms with Gasteiger partial charge in [0.1, 0.15) is 9.96 Å². The average molecular weight is 391 g/mol. The molecule has 1 heterocycles. The normalized spacial score (nSPS) is 11.4. The van der Waals surface area contributed by atoms with E-state index in [2.05, 4.69) is 20.7 Å². The molecular formula is C13H15BrN2O3S2. The van der Waals surface area contributed by atoms with Crippen LogP contribution in [0.15, 0.2) is 32.9 Å². The molecule has 0 unspecified atom stereocenters. The first-order chi connectivity index (χ1) is 9.87. The lowest BCUT2D eigenvalue weighted by molar-refractivity contribution is 0.417. The summed E-state index contributed by atoms with van der Waals surface area (Å²) in [5.74, 6) is 0.453. The summed E-state index contributed by atoms with van der Waals surface area (Å²) in [5.41, 5.74) is 6.85. The zero-order valence-electron chi connectivity index (χ0n) is 11.5. The van der Waals surface area contributed by atoms with Crippen LogP contribution in [0.1, 0.15) is 10.4 Å². The van der Waals surface area contributed by atoms with Crippen LogP contribution in [0.2, 0.25) is 0 Å². The Bertz CT molecular complexity index is 757. The molecule has 0 atom stereocenters. The first kappa shape index (κ1) is 16.3. The molecule has 21 heavy (non-hydrogen) atoms. The molecule has 5 nitrogen and oxygen atoms in total. The molecule has 0 aliphatic heterocycles. The maximum absolute atomic E-state index is 12.5. The van der Waals surface area contributed by atoms with Crippen molar-refractivity contribution in [2.45, 2.75) is 17.7 Å². The van der Waals surface area contributed by atoms with Crippen LogP contribution in [0.3, 0.4) is 0 Å². The zero-order chi connectivity index (χ0) is 15.6. The molecule has 0 fully saturated rings. The Balaban J connectivity index is 2.39. The van der Waals surface area contributed by atoms with E-state index in [-0.39, 0.29) is 4.21 Å². The van der Waals surface area contributed by atoms with Gasteiger partial charge in [-0.2, -0.15) is 0 Å². The van der Waals surface area contributed by atoms with E-state index >= 15 is 0 Å². The molecule has 0 bridgehead atoms. The molecular weight excluding hydrogens is 376 g/mol. The Morgan fingerprint density at radius 1 is 1.38 bits per heavy atom. The molecule has 0 radical (unpaired) electrons. The number of halogens is 1. The summed E-state index contributed by atoms with van der Waals surface area (Å²) < 4.78 is 33.6. The molecule has 0 saturated heterocycles. The van der Waals surface area contributed by atoms with Crippen molar-refractivity contribution < 1.29 is 13.2 Å². The number of hydrogen-bond donors (Lipinski definition) is 2. The Morgan fingerprint density at radius 3 is 2.67 bits per heavy atom. The van der Waals surface area contributed by atoms with Crippen molar-refractivity contribution in [1.29, 1.82) is 0 Å². The molecule has 0 aliphatic carbocycles. The highest BCUT2D eigenvalue weighted by molar-refractivity contribution is 9.10. The second-order valence-corrected chi connectivity index (χ2v) is 8.29. The third-order valence-corrected chi connectivity index (χ3v) is 6.45. The van der Waals surface area contributed by atoms with Gasteiger partial charge >= 0.3 is 0 Å². The van der Waals surface area contributed by atoms with Crippen LogP contribution in [-0.4, -0.2) is 15.5 Å². The van der Waals surface area contributed by atoms with Crippen molar-refractivity contribution in [2.24, 2.45) is 5.73 Å². The lowest BCUT2D eigenvalue weighted by Crippen LogP contribution is -2.12. The van der Waals surface area contributed by atoms with Gasteiger partial charge in [-0.05, 0) is 36.8 Å². The molecule has 0 aliphatic rings. The van der Waals surface area contributed by atoms with Gasteiger partial charge in [-0.25, -0.2) is 8.42 Å². The van der Waals surface area contributed by atoms with Crippen LogP contribution >= 0.6 is 27.3 Å². The SMILES string of the molecule is COc1ccc(Br)cc1NS(=O)(=O)c1cc(C)c(CN)s1.